The number of anilines is 2. The second kappa shape index (κ2) is 7.14. The van der Waals surface area contributed by atoms with Crippen LogP contribution in [0.1, 0.15) is 46.4 Å². The predicted molar refractivity (Wildman–Crippen MR) is 102 cm³/mol. The first-order valence-electron chi connectivity index (χ1n) is 9.29. The number of aromatic nitrogens is 1. The van der Waals surface area contributed by atoms with E-state index in [2.05, 4.69) is 4.98 Å². The van der Waals surface area contributed by atoms with Gasteiger partial charge in [-0.3, -0.25) is 9.69 Å². The summed E-state index contributed by atoms with van der Waals surface area (Å²) in [6.45, 7) is 1.68. The molecule has 4 rings (SSSR count). The summed E-state index contributed by atoms with van der Waals surface area (Å²) in [4.78, 5) is 18.3. The third kappa shape index (κ3) is 2.77. The van der Waals surface area contributed by atoms with E-state index >= 15 is 4.39 Å². The van der Waals surface area contributed by atoms with Crippen molar-refractivity contribution < 1.29 is 13.6 Å². The number of hydrogen-bond acceptors (Lipinski definition) is 3. The number of rotatable bonds is 3. The molecule has 1 amide bonds. The molecule has 0 aliphatic heterocycles. The minimum Gasteiger partial charge on any atom is -0.273 e. The zero-order valence-electron chi connectivity index (χ0n) is 15.4. The van der Waals surface area contributed by atoms with Crippen molar-refractivity contribution in [3.05, 3.63) is 51.2 Å². The standard InChI is InChI=1S/C21H18ClF2N3O/c1-11-14-5-3-6-15(14)18(23)19(24)20(11)27(17(28)9-22)21-13(10-25)8-12-4-2-7-16(12)26-21/h8H,2-7,9H2,1H3. The number of fused-ring (bicyclic) bond motifs is 2. The van der Waals surface area contributed by atoms with Gasteiger partial charge >= 0.3 is 0 Å². The highest BCUT2D eigenvalue weighted by molar-refractivity contribution is 6.30. The summed E-state index contributed by atoms with van der Waals surface area (Å²) < 4.78 is 29.9. The molecule has 0 bridgehead atoms. The molecule has 1 aromatic carbocycles. The number of pyridine rings is 1. The lowest BCUT2D eigenvalue weighted by atomic mass is 9.99. The van der Waals surface area contributed by atoms with Crippen LogP contribution in [-0.2, 0) is 30.5 Å². The van der Waals surface area contributed by atoms with Crippen molar-refractivity contribution in [3.8, 4) is 6.07 Å². The van der Waals surface area contributed by atoms with Crippen molar-refractivity contribution in [3.63, 3.8) is 0 Å². The SMILES string of the molecule is Cc1c2c(c(F)c(F)c1N(C(=O)CCl)c1nc3c(cc1C#N)CCC3)CCC2. The van der Waals surface area contributed by atoms with Gasteiger partial charge in [0.15, 0.2) is 17.5 Å². The minimum atomic E-state index is -1.09. The maximum atomic E-state index is 15.1. The lowest BCUT2D eigenvalue weighted by Crippen LogP contribution is -2.31. The number of halogens is 3. The molecule has 0 radical (unpaired) electrons. The molecule has 0 atom stereocenters. The highest BCUT2D eigenvalue weighted by Gasteiger charge is 2.33. The highest BCUT2D eigenvalue weighted by Crippen LogP contribution is 2.41. The number of nitrogens with zero attached hydrogens (tertiary/aromatic N) is 3. The van der Waals surface area contributed by atoms with Crippen LogP contribution < -0.4 is 4.90 Å². The number of aryl methyl sites for hydroxylation is 2. The molecule has 0 spiro atoms. The average molecular weight is 402 g/mol. The molecule has 2 aromatic rings. The fourth-order valence-corrected chi connectivity index (χ4v) is 4.45. The molecule has 144 valence electrons. The molecular weight excluding hydrogens is 384 g/mol. The molecule has 0 N–H and O–H groups in total. The Bertz CT molecular complexity index is 1050. The molecule has 0 saturated heterocycles. The Hall–Kier alpha value is -2.52. The summed E-state index contributed by atoms with van der Waals surface area (Å²) in [6, 6.07) is 3.74. The molecule has 1 heterocycles. The molecule has 28 heavy (non-hydrogen) atoms. The largest absolute Gasteiger partial charge is 0.273 e. The number of nitriles is 1. The van der Waals surface area contributed by atoms with Gasteiger partial charge in [-0.15, -0.1) is 11.6 Å². The lowest BCUT2D eigenvalue weighted by Gasteiger charge is -2.26. The van der Waals surface area contributed by atoms with Crippen molar-refractivity contribution in [1.82, 2.24) is 4.98 Å². The maximum Gasteiger partial charge on any atom is 0.247 e. The zero-order valence-corrected chi connectivity index (χ0v) is 16.2. The Balaban J connectivity index is 2.00. The van der Waals surface area contributed by atoms with Crippen molar-refractivity contribution in [1.29, 1.82) is 5.26 Å². The third-order valence-corrected chi connectivity index (χ3v) is 5.87. The molecular formula is C21H18ClF2N3O. The molecule has 2 aliphatic rings. The number of benzene rings is 1. The van der Waals surface area contributed by atoms with Crippen molar-refractivity contribution in [2.24, 2.45) is 0 Å². The van der Waals surface area contributed by atoms with Gasteiger partial charge in [-0.1, -0.05) is 0 Å². The first-order valence-corrected chi connectivity index (χ1v) is 9.82. The van der Waals surface area contributed by atoms with E-state index in [0.29, 0.717) is 24.0 Å². The Kier molecular flexibility index (Phi) is 4.80. The van der Waals surface area contributed by atoms with Gasteiger partial charge in [-0.25, -0.2) is 13.8 Å². The molecule has 7 heteroatoms. The smallest absolute Gasteiger partial charge is 0.247 e. The Labute approximate surface area is 166 Å². The molecule has 0 unspecified atom stereocenters. The van der Waals surface area contributed by atoms with Crippen LogP contribution in [-0.4, -0.2) is 16.8 Å². The van der Waals surface area contributed by atoms with Gasteiger partial charge in [0.25, 0.3) is 0 Å². The van der Waals surface area contributed by atoms with Gasteiger partial charge in [0.1, 0.15) is 11.9 Å². The fourth-order valence-electron chi connectivity index (χ4n) is 4.33. The minimum absolute atomic E-state index is 0.0214. The third-order valence-electron chi connectivity index (χ3n) is 5.64. The topological polar surface area (TPSA) is 57.0 Å². The number of carbonyl (C=O) groups excluding carboxylic acids is 1. The highest BCUT2D eigenvalue weighted by atomic mass is 35.5. The van der Waals surface area contributed by atoms with Crippen LogP contribution >= 0.6 is 11.6 Å². The van der Waals surface area contributed by atoms with Crippen LogP contribution in [0, 0.1) is 29.9 Å². The number of carbonyl (C=O) groups is 1. The summed E-state index contributed by atoms with van der Waals surface area (Å²) in [5.41, 5.74) is 3.29. The van der Waals surface area contributed by atoms with E-state index in [4.69, 9.17) is 11.6 Å². The first kappa shape index (κ1) is 18.8. The maximum absolute atomic E-state index is 15.1. The normalized spacial score (nSPS) is 14.5. The molecule has 1 aromatic heterocycles. The van der Waals surface area contributed by atoms with Crippen LogP contribution in [0.2, 0.25) is 0 Å². The van der Waals surface area contributed by atoms with E-state index in [1.165, 1.54) is 0 Å². The van der Waals surface area contributed by atoms with E-state index in [1.54, 1.807) is 13.0 Å². The molecule has 4 nitrogen and oxygen atoms in total. The fraction of sp³-hybridized carbons (Fsp3) is 0.381. The van der Waals surface area contributed by atoms with Crippen LogP contribution in [0.5, 0.6) is 0 Å². The second-order valence-corrected chi connectivity index (χ2v) is 7.47. The van der Waals surface area contributed by atoms with Crippen molar-refractivity contribution in [2.45, 2.75) is 45.4 Å². The monoisotopic (exact) mass is 401 g/mol. The quantitative estimate of drug-likeness (QED) is 0.715. The van der Waals surface area contributed by atoms with Crippen molar-refractivity contribution >= 4 is 29.0 Å². The van der Waals surface area contributed by atoms with Gasteiger partial charge in [-0.05, 0) is 73.8 Å². The first-order chi connectivity index (χ1) is 13.5. The Morgan fingerprint density at radius 2 is 1.93 bits per heavy atom. The Morgan fingerprint density at radius 1 is 1.21 bits per heavy atom. The van der Waals surface area contributed by atoms with Crippen LogP contribution in [0.15, 0.2) is 6.07 Å². The molecule has 0 saturated carbocycles. The van der Waals surface area contributed by atoms with E-state index in [1.807, 2.05) is 6.07 Å². The van der Waals surface area contributed by atoms with Crippen LogP contribution in [0.4, 0.5) is 20.3 Å². The summed E-state index contributed by atoms with van der Waals surface area (Å²) in [7, 11) is 0. The predicted octanol–water partition coefficient (Wildman–Crippen LogP) is 4.42. The summed E-state index contributed by atoms with van der Waals surface area (Å²) in [6.07, 6.45) is 4.26. The van der Waals surface area contributed by atoms with Crippen molar-refractivity contribution in [2.75, 3.05) is 10.8 Å². The van der Waals surface area contributed by atoms with Gasteiger partial charge in [-0.2, -0.15) is 5.26 Å². The second-order valence-electron chi connectivity index (χ2n) is 7.21. The van der Waals surface area contributed by atoms with Crippen LogP contribution in [0.3, 0.4) is 0 Å². The van der Waals surface area contributed by atoms with Gasteiger partial charge in [0.2, 0.25) is 5.91 Å². The van der Waals surface area contributed by atoms with Gasteiger partial charge in [0.05, 0.1) is 11.3 Å². The van der Waals surface area contributed by atoms with Gasteiger partial charge < -0.3 is 0 Å². The van der Waals surface area contributed by atoms with E-state index in [9.17, 15) is 14.4 Å². The number of amides is 1. The lowest BCUT2D eigenvalue weighted by molar-refractivity contribution is -0.115. The molecule has 2 aliphatic carbocycles. The Morgan fingerprint density at radius 3 is 2.64 bits per heavy atom. The average Bonchev–Trinajstić information content (AvgIpc) is 3.37. The summed E-state index contributed by atoms with van der Waals surface area (Å²) in [5, 5.41) is 9.62. The van der Waals surface area contributed by atoms with Gasteiger partial charge in [0, 0.05) is 5.69 Å². The van der Waals surface area contributed by atoms with E-state index in [-0.39, 0.29) is 17.1 Å². The van der Waals surface area contributed by atoms with E-state index in [0.717, 1.165) is 47.4 Å². The summed E-state index contributed by atoms with van der Waals surface area (Å²) >= 11 is 5.80. The number of hydrogen-bond donors (Lipinski definition) is 0. The number of alkyl halides is 1. The van der Waals surface area contributed by atoms with E-state index < -0.39 is 23.4 Å². The molecule has 0 fully saturated rings. The van der Waals surface area contributed by atoms with Crippen LogP contribution in [0.25, 0.3) is 0 Å². The summed E-state index contributed by atoms with van der Waals surface area (Å²) in [5.74, 6) is -3.10. The zero-order chi connectivity index (χ0) is 20.0.